The number of H-pyrrole nitrogens is 1. The number of imide groups is 1. The minimum Gasteiger partial charge on any atom is -0.356 e. The van der Waals surface area contributed by atoms with E-state index in [1.54, 1.807) is 4.90 Å². The van der Waals surface area contributed by atoms with Crippen LogP contribution in [0.25, 0.3) is 10.9 Å². The minimum atomic E-state index is -0.502. The molecule has 1 aromatic heterocycles. The van der Waals surface area contributed by atoms with Crippen LogP contribution in [0.15, 0.2) is 78.9 Å². The van der Waals surface area contributed by atoms with Crippen molar-refractivity contribution >= 4 is 22.8 Å². The van der Waals surface area contributed by atoms with Crippen molar-refractivity contribution in [1.82, 2.24) is 14.8 Å². The Bertz CT molecular complexity index is 1390. The third-order valence-corrected chi connectivity index (χ3v) is 7.24. The predicted molar refractivity (Wildman–Crippen MR) is 132 cm³/mol. The largest absolute Gasteiger partial charge is 0.356 e. The molecule has 4 aromatic rings. The van der Waals surface area contributed by atoms with E-state index < -0.39 is 6.04 Å². The lowest BCUT2D eigenvalue weighted by molar-refractivity contribution is -0.129. The van der Waals surface area contributed by atoms with Gasteiger partial charge in [0.1, 0.15) is 12.1 Å². The van der Waals surface area contributed by atoms with E-state index in [-0.39, 0.29) is 18.0 Å². The summed E-state index contributed by atoms with van der Waals surface area (Å²) in [7, 11) is 0. The molecule has 5 heteroatoms. The number of fused-ring (bicyclic) bond motifs is 4. The molecule has 2 aliphatic rings. The average molecular weight is 450 g/mol. The number of amides is 3. The number of para-hydroxylation sites is 1. The maximum atomic E-state index is 13.8. The molecule has 0 bridgehead atoms. The third kappa shape index (κ3) is 3.15. The van der Waals surface area contributed by atoms with Crippen molar-refractivity contribution in [2.24, 2.45) is 0 Å². The number of hydrogen-bond acceptors (Lipinski definition) is 2. The molecule has 34 heavy (non-hydrogen) atoms. The molecule has 0 aliphatic carbocycles. The lowest BCUT2D eigenvalue weighted by Crippen LogP contribution is -2.44. The van der Waals surface area contributed by atoms with Crippen molar-refractivity contribution < 1.29 is 9.59 Å². The summed E-state index contributed by atoms with van der Waals surface area (Å²) < 4.78 is 0. The van der Waals surface area contributed by atoms with Crippen LogP contribution < -0.4 is 0 Å². The first-order chi connectivity index (χ1) is 16.5. The summed E-state index contributed by atoms with van der Waals surface area (Å²) in [5, 5.41) is 1.13. The Hall–Kier alpha value is -3.86. The van der Waals surface area contributed by atoms with Gasteiger partial charge in [-0.15, -0.1) is 0 Å². The predicted octanol–water partition coefficient (Wildman–Crippen LogP) is 5.77. The fraction of sp³-hybridized carbons (Fsp3) is 0.241. The number of nitrogens with zero attached hydrogens (tertiary/aromatic N) is 2. The number of rotatable bonds is 4. The molecular formula is C29H27N3O2. The number of benzene rings is 3. The second-order valence-electron chi connectivity index (χ2n) is 9.61. The fourth-order valence-corrected chi connectivity index (χ4v) is 5.45. The van der Waals surface area contributed by atoms with Gasteiger partial charge in [0.2, 0.25) is 0 Å². The van der Waals surface area contributed by atoms with Crippen molar-refractivity contribution in [3.8, 4) is 0 Å². The van der Waals surface area contributed by atoms with Gasteiger partial charge in [0.25, 0.3) is 5.91 Å². The first kappa shape index (κ1) is 20.7. The first-order valence-electron chi connectivity index (χ1n) is 11.9. The monoisotopic (exact) mass is 449 g/mol. The highest BCUT2D eigenvalue weighted by atomic mass is 16.2. The average Bonchev–Trinajstić information content (AvgIpc) is 3.34. The van der Waals surface area contributed by atoms with E-state index in [9.17, 15) is 9.59 Å². The van der Waals surface area contributed by atoms with Crippen LogP contribution >= 0.6 is 0 Å². The van der Waals surface area contributed by atoms with E-state index in [0.717, 1.165) is 33.3 Å². The summed E-state index contributed by atoms with van der Waals surface area (Å²) >= 11 is 0. The molecule has 3 heterocycles. The number of carbonyl (C=O) groups is 2. The van der Waals surface area contributed by atoms with E-state index in [1.807, 2.05) is 42.5 Å². The van der Waals surface area contributed by atoms with Crippen molar-refractivity contribution in [3.05, 3.63) is 107 Å². The van der Waals surface area contributed by atoms with Gasteiger partial charge in [-0.2, -0.15) is 0 Å². The summed E-state index contributed by atoms with van der Waals surface area (Å²) in [5.41, 5.74) is 6.41. The van der Waals surface area contributed by atoms with E-state index in [4.69, 9.17) is 0 Å². The smallest absolute Gasteiger partial charge is 0.328 e. The molecule has 0 saturated carbocycles. The molecule has 1 N–H and O–H groups in total. The minimum absolute atomic E-state index is 0.117. The molecule has 1 saturated heterocycles. The van der Waals surface area contributed by atoms with Crippen LogP contribution in [-0.4, -0.2) is 32.8 Å². The van der Waals surface area contributed by atoms with Crippen LogP contribution in [0, 0.1) is 0 Å². The maximum Gasteiger partial charge on any atom is 0.328 e. The second kappa shape index (κ2) is 7.87. The Morgan fingerprint density at radius 2 is 1.62 bits per heavy atom. The van der Waals surface area contributed by atoms with E-state index in [2.05, 4.69) is 55.2 Å². The van der Waals surface area contributed by atoms with Gasteiger partial charge in [-0.1, -0.05) is 86.6 Å². The number of carbonyl (C=O) groups excluding carboxylic acids is 2. The van der Waals surface area contributed by atoms with E-state index in [1.165, 1.54) is 10.5 Å². The third-order valence-electron chi connectivity index (χ3n) is 7.24. The molecule has 1 fully saturated rings. The summed E-state index contributed by atoms with van der Waals surface area (Å²) in [4.78, 5) is 34.2. The molecule has 0 radical (unpaired) electrons. The zero-order chi connectivity index (χ0) is 23.4. The van der Waals surface area contributed by atoms with Crippen molar-refractivity contribution in [1.29, 1.82) is 0 Å². The SMILES string of the molecule is CC(C)c1ccc([C@@H]2c3[nH]c4ccccc4c3C[C@H]3C(=O)N(Cc4ccccc4)C(=O)N23)cc1. The lowest BCUT2D eigenvalue weighted by Gasteiger charge is -2.36. The van der Waals surface area contributed by atoms with Gasteiger partial charge in [0.15, 0.2) is 0 Å². The number of aromatic nitrogens is 1. The van der Waals surface area contributed by atoms with Crippen LogP contribution in [0.5, 0.6) is 0 Å². The summed E-state index contributed by atoms with van der Waals surface area (Å²) in [5.74, 6) is 0.307. The van der Waals surface area contributed by atoms with Crippen LogP contribution in [0.1, 0.15) is 53.8 Å². The highest BCUT2D eigenvalue weighted by Gasteiger charge is 2.52. The van der Waals surface area contributed by atoms with Gasteiger partial charge in [0, 0.05) is 23.0 Å². The van der Waals surface area contributed by atoms with Gasteiger partial charge >= 0.3 is 6.03 Å². The molecule has 5 nitrogen and oxygen atoms in total. The van der Waals surface area contributed by atoms with Crippen LogP contribution in [0.3, 0.4) is 0 Å². The highest BCUT2D eigenvalue weighted by molar-refractivity contribution is 6.05. The Kier molecular flexibility index (Phi) is 4.80. The number of urea groups is 1. The quantitative estimate of drug-likeness (QED) is 0.402. The Morgan fingerprint density at radius 3 is 2.35 bits per heavy atom. The Balaban J connectivity index is 1.47. The standard InChI is InChI=1S/C29H27N3O2/c1-18(2)20-12-14-21(15-13-20)27-26-23(22-10-6-7-11-24(22)30-26)16-25-28(33)31(29(34)32(25)27)17-19-8-4-3-5-9-19/h3-15,18,25,27,30H,16-17H2,1-2H3/t25-,27+/m0/s1. The van der Waals surface area contributed by atoms with Gasteiger partial charge in [-0.05, 0) is 34.2 Å². The molecule has 0 unspecified atom stereocenters. The highest BCUT2D eigenvalue weighted by Crippen LogP contribution is 2.44. The molecule has 6 rings (SSSR count). The van der Waals surface area contributed by atoms with Gasteiger partial charge in [0.05, 0.1) is 6.54 Å². The van der Waals surface area contributed by atoms with Crippen molar-refractivity contribution in [3.63, 3.8) is 0 Å². The molecule has 0 spiro atoms. The van der Waals surface area contributed by atoms with Gasteiger partial charge in [-0.25, -0.2) is 4.79 Å². The Morgan fingerprint density at radius 1 is 0.912 bits per heavy atom. The van der Waals surface area contributed by atoms with E-state index in [0.29, 0.717) is 18.9 Å². The second-order valence-corrected chi connectivity index (χ2v) is 9.61. The number of aromatic amines is 1. The zero-order valence-electron chi connectivity index (χ0n) is 19.4. The van der Waals surface area contributed by atoms with E-state index >= 15 is 0 Å². The summed E-state index contributed by atoms with van der Waals surface area (Å²) in [6.45, 7) is 4.64. The summed E-state index contributed by atoms with van der Waals surface area (Å²) in [6.07, 6.45) is 0.524. The maximum absolute atomic E-state index is 13.8. The lowest BCUT2D eigenvalue weighted by atomic mass is 9.88. The topological polar surface area (TPSA) is 56.4 Å². The van der Waals surface area contributed by atoms with Gasteiger partial charge < -0.3 is 4.98 Å². The molecule has 2 atom stereocenters. The van der Waals surface area contributed by atoms with Crippen LogP contribution in [0.4, 0.5) is 4.79 Å². The number of nitrogens with one attached hydrogen (secondary N) is 1. The fourth-order valence-electron chi connectivity index (χ4n) is 5.45. The number of hydrogen-bond donors (Lipinski definition) is 1. The van der Waals surface area contributed by atoms with Crippen LogP contribution in [-0.2, 0) is 17.8 Å². The molecule has 3 aromatic carbocycles. The van der Waals surface area contributed by atoms with Crippen molar-refractivity contribution in [2.75, 3.05) is 0 Å². The molecular weight excluding hydrogens is 422 g/mol. The molecule has 3 amide bonds. The summed E-state index contributed by atoms with van der Waals surface area (Å²) in [6, 6.07) is 25.3. The van der Waals surface area contributed by atoms with Gasteiger partial charge in [-0.3, -0.25) is 14.6 Å². The first-order valence-corrected chi connectivity index (χ1v) is 11.9. The molecule has 2 aliphatic heterocycles. The van der Waals surface area contributed by atoms with Crippen LogP contribution in [0.2, 0.25) is 0 Å². The normalized spacial score (nSPS) is 19.7. The molecule has 170 valence electrons. The van der Waals surface area contributed by atoms with Crippen molar-refractivity contribution in [2.45, 2.75) is 44.8 Å². The zero-order valence-corrected chi connectivity index (χ0v) is 19.4. The Labute approximate surface area is 199 Å².